The van der Waals surface area contributed by atoms with E-state index >= 15 is 0 Å². The summed E-state index contributed by atoms with van der Waals surface area (Å²) in [6.45, 7) is 6.43. The van der Waals surface area contributed by atoms with Crippen LogP contribution in [0.2, 0.25) is 0 Å². The lowest BCUT2D eigenvalue weighted by Crippen LogP contribution is -2.51. The highest BCUT2D eigenvalue weighted by molar-refractivity contribution is 5.79. The molecule has 1 N–H and O–H groups in total. The summed E-state index contributed by atoms with van der Waals surface area (Å²) < 4.78 is 0. The highest BCUT2D eigenvalue weighted by Gasteiger charge is 2.33. The van der Waals surface area contributed by atoms with Gasteiger partial charge in [-0.3, -0.25) is 4.79 Å². The van der Waals surface area contributed by atoms with E-state index in [2.05, 4.69) is 19.2 Å². The zero-order valence-corrected chi connectivity index (χ0v) is 11.4. The highest BCUT2D eigenvalue weighted by Crippen LogP contribution is 2.28. The van der Waals surface area contributed by atoms with Crippen LogP contribution in [0.4, 0.5) is 0 Å². The van der Waals surface area contributed by atoms with Crippen molar-refractivity contribution in [1.29, 1.82) is 0 Å². The van der Waals surface area contributed by atoms with Gasteiger partial charge in [0.2, 0.25) is 5.91 Å². The third-order valence-corrected chi connectivity index (χ3v) is 4.71. The molecule has 3 atom stereocenters. The van der Waals surface area contributed by atoms with Gasteiger partial charge in [-0.2, -0.15) is 0 Å². The van der Waals surface area contributed by atoms with Crippen molar-refractivity contribution in [2.45, 2.75) is 45.6 Å². The summed E-state index contributed by atoms with van der Waals surface area (Å²) in [6.07, 6.45) is 5.00. The summed E-state index contributed by atoms with van der Waals surface area (Å²) in [6, 6.07) is 0.488. The van der Waals surface area contributed by atoms with Crippen molar-refractivity contribution in [2.24, 2.45) is 17.8 Å². The molecular weight excluding hydrogens is 212 g/mol. The average Bonchev–Trinajstić information content (AvgIpc) is 2.24. The molecule has 3 heteroatoms. The SMILES string of the molecule is CC1CCCC(N(C)C(=O)C(C)C2CNC2)C1. The van der Waals surface area contributed by atoms with Crippen LogP contribution in [0.3, 0.4) is 0 Å². The number of nitrogens with zero attached hydrogens (tertiary/aromatic N) is 1. The largest absolute Gasteiger partial charge is 0.343 e. The predicted molar refractivity (Wildman–Crippen MR) is 69.7 cm³/mol. The number of rotatable bonds is 3. The summed E-state index contributed by atoms with van der Waals surface area (Å²) in [5.74, 6) is 1.89. The van der Waals surface area contributed by atoms with E-state index in [1.165, 1.54) is 25.7 Å². The molecular formula is C14H26N2O. The van der Waals surface area contributed by atoms with Crippen LogP contribution in [0.25, 0.3) is 0 Å². The van der Waals surface area contributed by atoms with Crippen molar-refractivity contribution < 1.29 is 4.79 Å². The quantitative estimate of drug-likeness (QED) is 0.814. The maximum atomic E-state index is 12.4. The zero-order valence-electron chi connectivity index (χ0n) is 11.4. The molecule has 2 fully saturated rings. The number of nitrogens with one attached hydrogen (secondary N) is 1. The number of carbonyl (C=O) groups excluding carboxylic acids is 1. The van der Waals surface area contributed by atoms with Gasteiger partial charge in [0, 0.05) is 19.0 Å². The molecule has 1 heterocycles. The molecule has 1 saturated carbocycles. The topological polar surface area (TPSA) is 32.3 Å². The van der Waals surface area contributed by atoms with Crippen LogP contribution in [0.5, 0.6) is 0 Å². The Morgan fingerprint density at radius 3 is 2.59 bits per heavy atom. The number of hydrogen-bond donors (Lipinski definition) is 1. The molecule has 0 bridgehead atoms. The van der Waals surface area contributed by atoms with Crippen molar-refractivity contribution in [2.75, 3.05) is 20.1 Å². The zero-order chi connectivity index (χ0) is 12.4. The molecule has 3 nitrogen and oxygen atoms in total. The average molecular weight is 238 g/mol. The van der Waals surface area contributed by atoms with Crippen LogP contribution in [0.15, 0.2) is 0 Å². The van der Waals surface area contributed by atoms with Crippen molar-refractivity contribution in [3.05, 3.63) is 0 Å². The van der Waals surface area contributed by atoms with Gasteiger partial charge >= 0.3 is 0 Å². The van der Waals surface area contributed by atoms with E-state index < -0.39 is 0 Å². The summed E-state index contributed by atoms with van der Waals surface area (Å²) >= 11 is 0. The molecule has 98 valence electrons. The standard InChI is InChI=1S/C14H26N2O/c1-10-5-4-6-13(7-10)16(3)14(17)11(2)12-8-15-9-12/h10-13,15H,4-9H2,1-3H3. The second-order valence-corrected chi connectivity index (χ2v) is 6.08. The third kappa shape index (κ3) is 2.82. The first-order chi connectivity index (χ1) is 8.09. The van der Waals surface area contributed by atoms with E-state index in [9.17, 15) is 4.79 Å². The van der Waals surface area contributed by atoms with Gasteiger partial charge in [-0.05, 0) is 37.8 Å². The van der Waals surface area contributed by atoms with Crippen molar-refractivity contribution in [1.82, 2.24) is 10.2 Å². The van der Waals surface area contributed by atoms with E-state index in [0.717, 1.165) is 19.0 Å². The second-order valence-electron chi connectivity index (χ2n) is 6.08. The first kappa shape index (κ1) is 12.9. The van der Waals surface area contributed by atoms with Gasteiger partial charge in [0.1, 0.15) is 0 Å². The van der Waals surface area contributed by atoms with Crippen LogP contribution in [-0.2, 0) is 4.79 Å². The maximum Gasteiger partial charge on any atom is 0.225 e. The van der Waals surface area contributed by atoms with Crippen LogP contribution in [0.1, 0.15) is 39.5 Å². The van der Waals surface area contributed by atoms with Gasteiger partial charge in [-0.25, -0.2) is 0 Å². The third-order valence-electron chi connectivity index (χ3n) is 4.71. The Hall–Kier alpha value is -0.570. The Bertz CT molecular complexity index is 275. The van der Waals surface area contributed by atoms with E-state index in [-0.39, 0.29) is 5.92 Å². The van der Waals surface area contributed by atoms with Crippen LogP contribution < -0.4 is 5.32 Å². The summed E-state index contributed by atoms with van der Waals surface area (Å²) in [7, 11) is 2.01. The smallest absolute Gasteiger partial charge is 0.225 e. The molecule has 0 aromatic heterocycles. The second kappa shape index (κ2) is 5.38. The Morgan fingerprint density at radius 1 is 1.35 bits per heavy atom. The maximum absolute atomic E-state index is 12.4. The first-order valence-electron chi connectivity index (χ1n) is 7.07. The Labute approximate surface area is 105 Å². The highest BCUT2D eigenvalue weighted by atomic mass is 16.2. The first-order valence-corrected chi connectivity index (χ1v) is 7.07. The molecule has 1 aliphatic heterocycles. The lowest BCUT2D eigenvalue weighted by atomic mass is 9.84. The fourth-order valence-corrected chi connectivity index (χ4v) is 3.12. The molecule has 0 aromatic carbocycles. The van der Waals surface area contributed by atoms with Gasteiger partial charge in [-0.15, -0.1) is 0 Å². The fourth-order valence-electron chi connectivity index (χ4n) is 3.12. The van der Waals surface area contributed by atoms with Crippen molar-refractivity contribution >= 4 is 5.91 Å². The number of carbonyl (C=O) groups is 1. The minimum atomic E-state index is 0.193. The van der Waals surface area contributed by atoms with E-state index in [4.69, 9.17) is 0 Å². The lowest BCUT2D eigenvalue weighted by molar-refractivity contribution is -0.139. The minimum absolute atomic E-state index is 0.193. The molecule has 17 heavy (non-hydrogen) atoms. The molecule has 1 aliphatic carbocycles. The Balaban J connectivity index is 1.88. The van der Waals surface area contributed by atoms with Crippen molar-refractivity contribution in [3.63, 3.8) is 0 Å². The molecule has 1 amide bonds. The summed E-state index contributed by atoms with van der Waals surface area (Å²) in [4.78, 5) is 14.4. The molecule has 0 spiro atoms. The Morgan fingerprint density at radius 2 is 2.06 bits per heavy atom. The van der Waals surface area contributed by atoms with Crippen molar-refractivity contribution in [3.8, 4) is 0 Å². The molecule has 1 saturated heterocycles. The van der Waals surface area contributed by atoms with Crippen LogP contribution >= 0.6 is 0 Å². The van der Waals surface area contributed by atoms with E-state index in [1.54, 1.807) is 0 Å². The van der Waals surface area contributed by atoms with Gasteiger partial charge in [-0.1, -0.05) is 26.7 Å². The normalized spacial score (nSPS) is 31.7. The Kier molecular flexibility index (Phi) is 4.08. The molecule has 0 aromatic rings. The molecule has 0 radical (unpaired) electrons. The van der Waals surface area contributed by atoms with Gasteiger partial charge < -0.3 is 10.2 Å². The molecule has 3 unspecified atom stereocenters. The van der Waals surface area contributed by atoms with Gasteiger partial charge in [0.25, 0.3) is 0 Å². The van der Waals surface area contributed by atoms with Crippen LogP contribution in [0, 0.1) is 17.8 Å². The summed E-state index contributed by atoms with van der Waals surface area (Å²) in [5.41, 5.74) is 0. The lowest BCUT2D eigenvalue weighted by Gasteiger charge is -2.39. The van der Waals surface area contributed by atoms with Gasteiger partial charge in [0.05, 0.1) is 0 Å². The monoisotopic (exact) mass is 238 g/mol. The summed E-state index contributed by atoms with van der Waals surface area (Å²) in [5, 5.41) is 3.25. The number of amides is 1. The molecule has 2 aliphatic rings. The van der Waals surface area contributed by atoms with Gasteiger partial charge in [0.15, 0.2) is 0 Å². The van der Waals surface area contributed by atoms with E-state index in [0.29, 0.717) is 17.9 Å². The van der Waals surface area contributed by atoms with Crippen LogP contribution in [-0.4, -0.2) is 37.0 Å². The predicted octanol–water partition coefficient (Wildman–Crippen LogP) is 1.88. The minimum Gasteiger partial charge on any atom is -0.343 e. The number of hydrogen-bond acceptors (Lipinski definition) is 2. The fraction of sp³-hybridized carbons (Fsp3) is 0.929. The molecule has 2 rings (SSSR count). The van der Waals surface area contributed by atoms with E-state index in [1.807, 2.05) is 11.9 Å².